The fourth-order valence-corrected chi connectivity index (χ4v) is 9.09. The Hall–Kier alpha value is -3.26. The lowest BCUT2D eigenvalue weighted by atomic mass is 9.79. The predicted molar refractivity (Wildman–Crippen MR) is 225 cm³/mol. The van der Waals surface area contributed by atoms with E-state index in [0.29, 0.717) is 32.4 Å². The highest BCUT2D eigenvalue weighted by molar-refractivity contribution is 5.91. The second-order valence-corrected chi connectivity index (χ2v) is 17.5. The number of ketones is 1. The van der Waals surface area contributed by atoms with E-state index in [2.05, 4.69) is 52.3 Å². The van der Waals surface area contributed by atoms with Crippen molar-refractivity contribution in [3.8, 4) is 0 Å². The number of likely N-dealkylation sites (N-methyl/N-ethyl adjacent to an activating group) is 1. The number of cyclic esters (lactones) is 1. The highest BCUT2D eigenvalue weighted by Gasteiger charge is 2.47. The molecule has 3 aliphatic heterocycles. The third-order valence-electron chi connectivity index (χ3n) is 12.5. The van der Waals surface area contributed by atoms with Gasteiger partial charge in [-0.05, 0) is 89.5 Å². The number of carbonyl (C=O) groups is 2. The molecule has 0 spiro atoms. The van der Waals surface area contributed by atoms with Crippen molar-refractivity contribution in [2.75, 3.05) is 34.2 Å². The first-order valence-electron chi connectivity index (χ1n) is 21.3. The summed E-state index contributed by atoms with van der Waals surface area (Å²) in [7, 11) is 5.63. The summed E-state index contributed by atoms with van der Waals surface area (Å²) in [5.74, 6) is -1.97. The zero-order valence-electron chi connectivity index (χ0n) is 35.9. The maximum atomic E-state index is 13.9. The Morgan fingerprint density at radius 1 is 0.897 bits per heavy atom. The predicted octanol–water partition coefficient (Wildman–Crippen LogP) is 5.36. The number of fused-ring (bicyclic) bond motifs is 1. The van der Waals surface area contributed by atoms with Crippen LogP contribution in [0.2, 0.25) is 0 Å². The van der Waals surface area contributed by atoms with Gasteiger partial charge in [0, 0.05) is 43.9 Å². The minimum Gasteiger partial charge on any atom is -0.462 e. The van der Waals surface area contributed by atoms with E-state index in [0.717, 1.165) is 25.2 Å². The summed E-state index contributed by atoms with van der Waals surface area (Å²) in [6.45, 7) is 13.2. The molecule has 2 aromatic carbocycles. The van der Waals surface area contributed by atoms with Crippen LogP contribution in [0, 0.1) is 23.7 Å². The Morgan fingerprint density at radius 3 is 2.19 bits per heavy atom. The summed E-state index contributed by atoms with van der Waals surface area (Å²) in [5, 5.41) is 34.5. The average molecular weight is 804 g/mol. The quantitative estimate of drug-likeness (QED) is 0.254. The molecule has 3 heterocycles. The zero-order chi connectivity index (χ0) is 42.1. The maximum absolute atomic E-state index is 13.9. The number of allylic oxidation sites excluding steroid dienone is 3. The van der Waals surface area contributed by atoms with E-state index in [9.17, 15) is 24.9 Å². The number of ether oxygens (including phenoxy) is 3. The van der Waals surface area contributed by atoms with Crippen LogP contribution >= 0.6 is 0 Å². The molecule has 2 aromatic rings. The molecule has 3 aliphatic rings. The lowest BCUT2D eigenvalue weighted by Gasteiger charge is -2.46. The van der Waals surface area contributed by atoms with Crippen LogP contribution in [0.1, 0.15) is 77.0 Å². The molecule has 0 radical (unpaired) electrons. The number of carbonyl (C=O) groups excluding carboxylic acids is 2. The number of aliphatic hydroxyl groups is 3. The average Bonchev–Trinajstić information content (AvgIpc) is 3.61. The van der Waals surface area contributed by atoms with E-state index in [1.54, 1.807) is 32.0 Å². The molecule has 12 atom stereocenters. The number of esters is 1. The molecular weight excluding hydrogens is 735 g/mol. The molecule has 0 aromatic heterocycles. The first kappa shape index (κ1) is 45.8. The molecule has 0 bridgehead atoms. The van der Waals surface area contributed by atoms with Crippen LogP contribution in [-0.2, 0) is 43.4 Å². The highest BCUT2D eigenvalue weighted by atomic mass is 16.7. The van der Waals surface area contributed by atoms with Crippen LogP contribution in [-0.4, -0.2) is 125 Å². The Kier molecular flexibility index (Phi) is 16.8. The van der Waals surface area contributed by atoms with Gasteiger partial charge in [0.25, 0.3) is 0 Å². The summed E-state index contributed by atoms with van der Waals surface area (Å²) in [6, 6.07) is 18.0. The van der Waals surface area contributed by atoms with Crippen LogP contribution in [0.5, 0.6) is 0 Å². The Labute approximate surface area is 346 Å². The molecule has 320 valence electrons. The summed E-state index contributed by atoms with van der Waals surface area (Å²) in [6.07, 6.45) is 0.720. The molecule has 1 saturated heterocycles. The van der Waals surface area contributed by atoms with Gasteiger partial charge in [-0.1, -0.05) is 93.1 Å². The second-order valence-electron chi connectivity index (χ2n) is 17.5. The van der Waals surface area contributed by atoms with Gasteiger partial charge < -0.3 is 39.3 Å². The Balaban J connectivity index is 1.46. The van der Waals surface area contributed by atoms with Gasteiger partial charge in [0.1, 0.15) is 12.2 Å². The minimum atomic E-state index is -1.20. The number of aliphatic hydroxyl groups excluding tert-OH is 3. The van der Waals surface area contributed by atoms with E-state index in [-0.39, 0.29) is 30.0 Å². The zero-order valence-corrected chi connectivity index (χ0v) is 35.9. The lowest BCUT2D eigenvalue weighted by molar-refractivity contribution is -0.304. The van der Waals surface area contributed by atoms with Crippen molar-refractivity contribution in [3.63, 3.8) is 0 Å². The van der Waals surface area contributed by atoms with Crippen molar-refractivity contribution < 1.29 is 39.1 Å². The van der Waals surface area contributed by atoms with Crippen molar-refractivity contribution in [3.05, 3.63) is 95.1 Å². The van der Waals surface area contributed by atoms with Crippen LogP contribution in [0.3, 0.4) is 0 Å². The van der Waals surface area contributed by atoms with Crippen molar-refractivity contribution in [1.82, 2.24) is 14.7 Å². The first-order chi connectivity index (χ1) is 27.6. The molecular formula is C47H69N3O8. The summed E-state index contributed by atoms with van der Waals surface area (Å²) < 4.78 is 19.2. The monoisotopic (exact) mass is 804 g/mol. The molecule has 11 heteroatoms. The van der Waals surface area contributed by atoms with Crippen molar-refractivity contribution in [2.24, 2.45) is 23.7 Å². The summed E-state index contributed by atoms with van der Waals surface area (Å²) >= 11 is 0. The number of hydrogen-bond acceptors (Lipinski definition) is 11. The van der Waals surface area contributed by atoms with Crippen molar-refractivity contribution in [2.45, 2.75) is 129 Å². The SMILES string of the molecule is CCC1OC(=O)CC(O)C(C)C(O[C@@H]2O[C@H](C)[C@@H](O)[C@H](N(C)C)[C@H]2O)C(CCN2Cc3ccccc3C2)CC(C)C(=O)/C=C\C(C)=C\C1CN(C)Cc1ccccc1. The molecule has 0 aliphatic carbocycles. The Morgan fingerprint density at radius 2 is 1.55 bits per heavy atom. The molecule has 58 heavy (non-hydrogen) atoms. The minimum absolute atomic E-state index is 0.0139. The third kappa shape index (κ3) is 12.2. The fourth-order valence-electron chi connectivity index (χ4n) is 9.09. The number of benzene rings is 2. The largest absolute Gasteiger partial charge is 0.462 e. The van der Waals surface area contributed by atoms with Crippen LogP contribution in [0.4, 0.5) is 0 Å². The molecule has 0 amide bonds. The van der Waals surface area contributed by atoms with E-state index in [4.69, 9.17) is 14.2 Å². The van der Waals surface area contributed by atoms with Gasteiger partial charge >= 0.3 is 5.97 Å². The van der Waals surface area contributed by atoms with E-state index in [1.807, 2.05) is 59.0 Å². The van der Waals surface area contributed by atoms with Crippen LogP contribution in [0.25, 0.3) is 0 Å². The number of hydrogen-bond donors (Lipinski definition) is 3. The molecule has 11 nitrogen and oxygen atoms in total. The van der Waals surface area contributed by atoms with Crippen molar-refractivity contribution >= 4 is 11.8 Å². The molecule has 0 saturated carbocycles. The van der Waals surface area contributed by atoms with E-state index >= 15 is 0 Å². The maximum Gasteiger partial charge on any atom is 0.308 e. The highest BCUT2D eigenvalue weighted by Crippen LogP contribution is 2.35. The molecule has 7 unspecified atom stereocenters. The molecule has 3 N–H and O–H groups in total. The first-order valence-corrected chi connectivity index (χ1v) is 21.3. The number of rotatable bonds is 11. The summed E-state index contributed by atoms with van der Waals surface area (Å²) in [4.78, 5) is 34.1. The second kappa shape index (κ2) is 21.3. The molecule has 1 fully saturated rings. The molecule has 5 rings (SSSR count). The van der Waals surface area contributed by atoms with Gasteiger partial charge in [-0.25, -0.2) is 0 Å². The van der Waals surface area contributed by atoms with E-state index < -0.39 is 60.8 Å². The third-order valence-corrected chi connectivity index (χ3v) is 12.5. The van der Waals surface area contributed by atoms with E-state index in [1.165, 1.54) is 16.7 Å². The Bertz CT molecular complexity index is 1660. The van der Waals surface area contributed by atoms with Gasteiger partial charge in [-0.15, -0.1) is 0 Å². The van der Waals surface area contributed by atoms with Crippen LogP contribution in [0.15, 0.2) is 78.4 Å². The normalized spacial score (nSPS) is 34.7. The topological polar surface area (TPSA) is 132 Å². The standard InChI is InChI=1S/C47H69N3O8/c1-9-41-38(27-49(8)26-34-15-11-10-12-16-34)23-30(2)19-20-39(51)31(3)24-35(21-22-50-28-36-17-13-14-18-37(36)29-50)46(32(4)40(52)25-42(53)57-41)58-47-45(55)43(48(6)7)44(54)33(5)56-47/h10-20,23,31-33,35,38,40-41,43-47,52,54-55H,9,21-22,24-29H2,1-8H3/b20-19-,30-23+/t31?,32?,33-,35?,38?,40?,41?,43+,44-,45-,46?,47+/m1/s1. The van der Waals surface area contributed by atoms with Gasteiger partial charge in [-0.3, -0.25) is 14.5 Å². The van der Waals surface area contributed by atoms with Gasteiger partial charge in [0.15, 0.2) is 12.1 Å². The van der Waals surface area contributed by atoms with Crippen LogP contribution < -0.4 is 0 Å². The van der Waals surface area contributed by atoms with Gasteiger partial charge in [0.2, 0.25) is 0 Å². The smallest absolute Gasteiger partial charge is 0.308 e. The summed E-state index contributed by atoms with van der Waals surface area (Å²) in [5.41, 5.74) is 4.67. The van der Waals surface area contributed by atoms with Gasteiger partial charge in [0.05, 0.1) is 36.9 Å². The number of nitrogens with zero attached hydrogens (tertiary/aromatic N) is 3. The van der Waals surface area contributed by atoms with Crippen molar-refractivity contribution in [1.29, 1.82) is 0 Å². The lowest BCUT2D eigenvalue weighted by Crippen LogP contribution is -2.63. The van der Waals surface area contributed by atoms with Gasteiger partial charge in [-0.2, -0.15) is 0 Å². The fraction of sp³-hybridized carbons (Fsp3) is 0.617.